The Hall–Kier alpha value is -1.10. The summed E-state index contributed by atoms with van der Waals surface area (Å²) in [5, 5.41) is 11.2. The third-order valence-corrected chi connectivity index (χ3v) is 2.24. The van der Waals surface area contributed by atoms with Gasteiger partial charge in [-0.15, -0.1) is 0 Å². The number of likely N-dealkylation sites (tertiary alicyclic amines) is 1. The van der Waals surface area contributed by atoms with Crippen LogP contribution in [0.2, 0.25) is 0 Å². The lowest BCUT2D eigenvalue weighted by atomic mass is 9.96. The number of carboxylic acids is 1. The van der Waals surface area contributed by atoms with Gasteiger partial charge in [-0.1, -0.05) is 0 Å². The second-order valence-corrected chi connectivity index (χ2v) is 3.61. The minimum atomic E-state index is -0.757. The Kier molecular flexibility index (Phi) is 3.88. The van der Waals surface area contributed by atoms with E-state index >= 15 is 0 Å². The third kappa shape index (κ3) is 3.33. The van der Waals surface area contributed by atoms with Gasteiger partial charge in [-0.05, 0) is 12.8 Å². The zero-order valence-electron chi connectivity index (χ0n) is 8.32. The van der Waals surface area contributed by atoms with Crippen LogP contribution < -0.4 is 5.32 Å². The predicted molar refractivity (Wildman–Crippen MR) is 50.9 cm³/mol. The lowest BCUT2D eigenvalue weighted by Crippen LogP contribution is -2.51. The molecule has 14 heavy (non-hydrogen) atoms. The molecular weight excluding hydrogens is 184 g/mol. The first-order valence-electron chi connectivity index (χ1n) is 4.82. The van der Waals surface area contributed by atoms with Gasteiger partial charge in [0.05, 0.1) is 13.0 Å². The summed E-state index contributed by atoms with van der Waals surface area (Å²) in [5.41, 5.74) is 0. The number of carbonyl (C=O) groups excluding carboxylic acids is 1. The highest BCUT2D eigenvalue weighted by Gasteiger charge is 2.29. The summed E-state index contributed by atoms with van der Waals surface area (Å²) in [6.07, 6.45) is 0.214. The average molecular weight is 200 g/mol. The summed E-state index contributed by atoms with van der Waals surface area (Å²) in [6, 6.07) is 0. The molecule has 5 nitrogen and oxygen atoms in total. The molecule has 0 bridgehead atoms. The largest absolute Gasteiger partial charge is 0.481 e. The van der Waals surface area contributed by atoms with Gasteiger partial charge in [0.2, 0.25) is 5.91 Å². The van der Waals surface area contributed by atoms with Gasteiger partial charge in [0.25, 0.3) is 0 Å². The van der Waals surface area contributed by atoms with Crippen molar-refractivity contribution in [2.45, 2.75) is 13.3 Å². The van der Waals surface area contributed by atoms with Gasteiger partial charge < -0.3 is 10.4 Å². The van der Waals surface area contributed by atoms with Crippen LogP contribution in [0.3, 0.4) is 0 Å². The first-order chi connectivity index (χ1) is 6.61. The fraction of sp³-hybridized carbons (Fsp3) is 0.778. The maximum absolute atomic E-state index is 11.1. The van der Waals surface area contributed by atoms with Crippen molar-refractivity contribution in [1.82, 2.24) is 10.2 Å². The predicted octanol–water partition coefficient (Wildman–Crippen LogP) is -0.471. The van der Waals surface area contributed by atoms with Gasteiger partial charge in [-0.25, -0.2) is 0 Å². The molecule has 80 valence electrons. The van der Waals surface area contributed by atoms with E-state index in [0.29, 0.717) is 13.1 Å². The van der Waals surface area contributed by atoms with Crippen molar-refractivity contribution in [3.05, 3.63) is 0 Å². The van der Waals surface area contributed by atoms with Crippen LogP contribution in [-0.2, 0) is 9.59 Å². The van der Waals surface area contributed by atoms with Crippen molar-refractivity contribution in [1.29, 1.82) is 0 Å². The molecule has 1 aliphatic heterocycles. The second-order valence-electron chi connectivity index (χ2n) is 3.61. The summed E-state index contributed by atoms with van der Waals surface area (Å²) in [7, 11) is 0. The Morgan fingerprint density at radius 2 is 2.14 bits per heavy atom. The van der Waals surface area contributed by atoms with Crippen LogP contribution >= 0.6 is 0 Å². The second kappa shape index (κ2) is 4.95. The van der Waals surface area contributed by atoms with E-state index in [-0.39, 0.29) is 18.2 Å². The van der Waals surface area contributed by atoms with E-state index < -0.39 is 5.97 Å². The van der Waals surface area contributed by atoms with E-state index in [2.05, 4.69) is 5.32 Å². The van der Waals surface area contributed by atoms with E-state index in [4.69, 9.17) is 5.11 Å². The fourth-order valence-electron chi connectivity index (χ4n) is 1.64. The van der Waals surface area contributed by atoms with Gasteiger partial charge in [0, 0.05) is 19.6 Å². The molecule has 0 atom stereocenters. The summed E-state index contributed by atoms with van der Waals surface area (Å²) < 4.78 is 0. The molecule has 1 amide bonds. The number of hydrogen-bond acceptors (Lipinski definition) is 3. The van der Waals surface area contributed by atoms with Gasteiger partial charge in [-0.2, -0.15) is 0 Å². The van der Waals surface area contributed by atoms with Crippen molar-refractivity contribution >= 4 is 11.9 Å². The molecule has 1 rings (SSSR count). The van der Waals surface area contributed by atoms with Crippen LogP contribution in [0.4, 0.5) is 0 Å². The number of hydrogen-bond donors (Lipinski definition) is 2. The summed E-state index contributed by atoms with van der Waals surface area (Å²) in [5.74, 6) is -0.518. The topological polar surface area (TPSA) is 69.6 Å². The zero-order valence-corrected chi connectivity index (χ0v) is 8.32. The van der Waals surface area contributed by atoms with E-state index in [0.717, 1.165) is 13.1 Å². The highest BCUT2D eigenvalue weighted by Crippen LogP contribution is 2.17. The van der Waals surface area contributed by atoms with Crippen LogP contribution in [0, 0.1) is 5.92 Å². The van der Waals surface area contributed by atoms with Crippen LogP contribution in [-0.4, -0.2) is 48.1 Å². The minimum Gasteiger partial charge on any atom is -0.481 e. The number of nitrogens with zero attached hydrogens (tertiary/aromatic N) is 1. The molecule has 0 aromatic carbocycles. The molecule has 0 aromatic heterocycles. The Balaban J connectivity index is 2.09. The van der Waals surface area contributed by atoms with Crippen LogP contribution in [0.5, 0.6) is 0 Å². The Morgan fingerprint density at radius 1 is 1.50 bits per heavy atom. The van der Waals surface area contributed by atoms with Crippen molar-refractivity contribution in [3.8, 4) is 0 Å². The summed E-state index contributed by atoms with van der Waals surface area (Å²) in [6.45, 7) is 4.36. The SMILES string of the molecule is CCNC(=O)CN1CC(CC(=O)O)C1. The third-order valence-electron chi connectivity index (χ3n) is 2.24. The number of rotatable bonds is 5. The van der Waals surface area contributed by atoms with E-state index in [1.54, 1.807) is 0 Å². The van der Waals surface area contributed by atoms with Gasteiger partial charge >= 0.3 is 5.97 Å². The van der Waals surface area contributed by atoms with Crippen molar-refractivity contribution < 1.29 is 14.7 Å². The molecule has 0 saturated carbocycles. The standard InChI is InChI=1S/C9H16N2O3/c1-2-10-8(12)6-11-4-7(5-11)3-9(13)14/h7H,2-6H2,1H3,(H,10,12)(H,13,14). The van der Waals surface area contributed by atoms with Crippen LogP contribution in [0.25, 0.3) is 0 Å². The first-order valence-corrected chi connectivity index (χ1v) is 4.82. The first kappa shape index (κ1) is 11.0. The molecular formula is C9H16N2O3. The Morgan fingerprint density at radius 3 is 2.64 bits per heavy atom. The number of carboxylic acid groups (broad SMARTS) is 1. The van der Waals surface area contributed by atoms with Gasteiger partial charge in [0.1, 0.15) is 0 Å². The highest BCUT2D eigenvalue weighted by molar-refractivity contribution is 5.78. The van der Waals surface area contributed by atoms with Crippen molar-refractivity contribution in [2.75, 3.05) is 26.2 Å². The van der Waals surface area contributed by atoms with Crippen molar-refractivity contribution in [2.24, 2.45) is 5.92 Å². The molecule has 0 radical (unpaired) electrons. The minimum absolute atomic E-state index is 0.0151. The molecule has 1 heterocycles. The van der Waals surface area contributed by atoms with Crippen LogP contribution in [0.1, 0.15) is 13.3 Å². The maximum atomic E-state index is 11.1. The van der Waals surface area contributed by atoms with Crippen LogP contribution in [0.15, 0.2) is 0 Å². The van der Waals surface area contributed by atoms with E-state index in [1.165, 1.54) is 0 Å². The molecule has 5 heteroatoms. The number of aliphatic carboxylic acids is 1. The fourth-order valence-corrected chi connectivity index (χ4v) is 1.64. The monoisotopic (exact) mass is 200 g/mol. The number of carbonyl (C=O) groups is 2. The average Bonchev–Trinajstić information content (AvgIpc) is 2.00. The molecule has 0 aromatic rings. The lowest BCUT2D eigenvalue weighted by Gasteiger charge is -2.37. The molecule has 1 fully saturated rings. The molecule has 1 aliphatic rings. The Bertz CT molecular complexity index is 224. The quantitative estimate of drug-likeness (QED) is 0.629. The highest BCUT2D eigenvalue weighted by atomic mass is 16.4. The molecule has 0 unspecified atom stereocenters. The summed E-state index contributed by atoms with van der Waals surface area (Å²) in [4.78, 5) is 23.4. The number of likely N-dealkylation sites (N-methyl/N-ethyl adjacent to an activating group) is 1. The molecule has 1 saturated heterocycles. The normalized spacial score (nSPS) is 17.5. The lowest BCUT2D eigenvalue weighted by molar-refractivity contribution is -0.139. The summed E-state index contributed by atoms with van der Waals surface area (Å²) >= 11 is 0. The van der Waals surface area contributed by atoms with Gasteiger partial charge in [-0.3, -0.25) is 14.5 Å². The van der Waals surface area contributed by atoms with E-state index in [9.17, 15) is 9.59 Å². The smallest absolute Gasteiger partial charge is 0.303 e. The number of nitrogens with one attached hydrogen (secondary N) is 1. The Labute approximate surface area is 83.1 Å². The zero-order chi connectivity index (χ0) is 10.6. The molecule has 2 N–H and O–H groups in total. The number of amides is 1. The van der Waals surface area contributed by atoms with E-state index in [1.807, 2.05) is 11.8 Å². The molecule has 0 spiro atoms. The molecule has 0 aliphatic carbocycles. The van der Waals surface area contributed by atoms with Gasteiger partial charge in [0.15, 0.2) is 0 Å². The maximum Gasteiger partial charge on any atom is 0.303 e. The van der Waals surface area contributed by atoms with Crippen molar-refractivity contribution in [3.63, 3.8) is 0 Å².